The van der Waals surface area contributed by atoms with E-state index in [1.54, 1.807) is 21.0 Å². The highest BCUT2D eigenvalue weighted by Gasteiger charge is 2.31. The monoisotopic (exact) mass is 229 g/mol. The van der Waals surface area contributed by atoms with Gasteiger partial charge in [-0.05, 0) is 19.8 Å². The molecule has 94 valence electrons. The van der Waals surface area contributed by atoms with Gasteiger partial charge in [0.05, 0.1) is 5.54 Å². The fraction of sp³-hybridized carbons (Fsp3) is 0.818. The Bertz CT molecular complexity index is 260. The molecule has 0 aromatic heterocycles. The molecule has 0 saturated carbocycles. The van der Waals surface area contributed by atoms with E-state index in [9.17, 15) is 9.59 Å². The average Bonchev–Trinajstić information content (AvgIpc) is 2.26. The van der Waals surface area contributed by atoms with Crippen LogP contribution in [0.1, 0.15) is 33.6 Å². The summed E-state index contributed by atoms with van der Waals surface area (Å²) < 4.78 is 0. The number of carbonyl (C=O) groups excluding carboxylic acids is 2. The molecule has 0 spiro atoms. The van der Waals surface area contributed by atoms with Gasteiger partial charge in [0.1, 0.15) is 6.04 Å². The molecular formula is C11H23N3O2. The highest BCUT2D eigenvalue weighted by atomic mass is 16.2. The van der Waals surface area contributed by atoms with E-state index in [-0.39, 0.29) is 11.8 Å². The van der Waals surface area contributed by atoms with Gasteiger partial charge < -0.3 is 16.0 Å². The molecule has 2 amide bonds. The largest absolute Gasteiger partial charge is 0.347 e. The van der Waals surface area contributed by atoms with Gasteiger partial charge in [0.25, 0.3) is 0 Å². The minimum Gasteiger partial charge on any atom is -0.347 e. The number of carbonyl (C=O) groups is 2. The van der Waals surface area contributed by atoms with Crippen molar-refractivity contribution < 1.29 is 9.59 Å². The van der Waals surface area contributed by atoms with Crippen molar-refractivity contribution in [2.45, 2.75) is 45.2 Å². The predicted molar refractivity (Wildman–Crippen MR) is 63.8 cm³/mol. The van der Waals surface area contributed by atoms with Crippen LogP contribution < -0.4 is 11.1 Å². The van der Waals surface area contributed by atoms with Gasteiger partial charge in [-0.3, -0.25) is 9.59 Å². The summed E-state index contributed by atoms with van der Waals surface area (Å²) in [5, 5.41) is 2.65. The number of nitrogens with one attached hydrogen (secondary N) is 1. The molecule has 0 rings (SSSR count). The van der Waals surface area contributed by atoms with Gasteiger partial charge in [0, 0.05) is 14.1 Å². The molecule has 0 heterocycles. The van der Waals surface area contributed by atoms with E-state index in [0.29, 0.717) is 12.8 Å². The Morgan fingerprint density at radius 1 is 1.31 bits per heavy atom. The zero-order valence-electron chi connectivity index (χ0n) is 10.8. The first kappa shape index (κ1) is 14.9. The predicted octanol–water partition coefficient (Wildman–Crippen LogP) is 0.0968. The topological polar surface area (TPSA) is 75.4 Å². The third kappa shape index (κ3) is 3.48. The zero-order chi connectivity index (χ0) is 12.9. The Labute approximate surface area is 97.4 Å². The van der Waals surface area contributed by atoms with Gasteiger partial charge in [0.15, 0.2) is 0 Å². The van der Waals surface area contributed by atoms with Crippen LogP contribution in [0.25, 0.3) is 0 Å². The summed E-state index contributed by atoms with van der Waals surface area (Å²) >= 11 is 0. The van der Waals surface area contributed by atoms with Gasteiger partial charge in [-0.25, -0.2) is 0 Å². The summed E-state index contributed by atoms with van der Waals surface area (Å²) in [7, 11) is 3.31. The van der Waals surface area contributed by atoms with E-state index in [4.69, 9.17) is 5.73 Å². The molecular weight excluding hydrogens is 206 g/mol. The molecule has 5 nitrogen and oxygen atoms in total. The average molecular weight is 229 g/mol. The SMILES string of the molecule is CCC(N)(CC)C(=O)NC(C)C(=O)N(C)C. The van der Waals surface area contributed by atoms with Gasteiger partial charge in [-0.15, -0.1) is 0 Å². The fourth-order valence-corrected chi connectivity index (χ4v) is 1.36. The quantitative estimate of drug-likeness (QED) is 0.702. The van der Waals surface area contributed by atoms with Gasteiger partial charge in [0.2, 0.25) is 11.8 Å². The molecule has 1 atom stereocenters. The lowest BCUT2D eigenvalue weighted by atomic mass is 9.93. The first-order chi connectivity index (χ1) is 7.28. The minimum atomic E-state index is -0.874. The molecule has 16 heavy (non-hydrogen) atoms. The number of hydrogen-bond acceptors (Lipinski definition) is 3. The van der Waals surface area contributed by atoms with Crippen LogP contribution in [-0.4, -0.2) is 42.4 Å². The highest BCUT2D eigenvalue weighted by Crippen LogP contribution is 2.11. The number of nitrogens with zero attached hydrogens (tertiary/aromatic N) is 1. The van der Waals surface area contributed by atoms with E-state index < -0.39 is 11.6 Å². The smallest absolute Gasteiger partial charge is 0.244 e. The third-order valence-electron chi connectivity index (χ3n) is 2.87. The van der Waals surface area contributed by atoms with Crippen molar-refractivity contribution in [3.05, 3.63) is 0 Å². The molecule has 0 aliphatic carbocycles. The number of amides is 2. The lowest BCUT2D eigenvalue weighted by molar-refractivity contribution is -0.135. The van der Waals surface area contributed by atoms with Crippen LogP contribution in [0.5, 0.6) is 0 Å². The van der Waals surface area contributed by atoms with Gasteiger partial charge >= 0.3 is 0 Å². The second kappa shape index (κ2) is 5.84. The summed E-state index contributed by atoms with van der Waals surface area (Å²) in [5.41, 5.74) is 5.05. The first-order valence-corrected chi connectivity index (χ1v) is 5.59. The first-order valence-electron chi connectivity index (χ1n) is 5.59. The Kier molecular flexibility index (Phi) is 5.44. The molecule has 5 heteroatoms. The maximum absolute atomic E-state index is 11.9. The standard InChI is InChI=1S/C11H23N3O2/c1-6-11(12,7-2)10(16)13-8(3)9(15)14(4)5/h8H,6-7,12H2,1-5H3,(H,13,16). The van der Waals surface area contributed by atoms with Crippen LogP contribution in [0, 0.1) is 0 Å². The third-order valence-corrected chi connectivity index (χ3v) is 2.87. The van der Waals surface area contributed by atoms with Crippen molar-refractivity contribution in [1.82, 2.24) is 10.2 Å². The van der Waals surface area contributed by atoms with Crippen molar-refractivity contribution in [1.29, 1.82) is 0 Å². The second-order valence-electron chi connectivity index (χ2n) is 4.29. The number of hydrogen-bond donors (Lipinski definition) is 2. The van der Waals surface area contributed by atoms with Crippen molar-refractivity contribution in [2.24, 2.45) is 5.73 Å². The summed E-state index contributed by atoms with van der Waals surface area (Å²) in [5.74, 6) is -0.400. The van der Waals surface area contributed by atoms with Crippen LogP contribution in [0.4, 0.5) is 0 Å². The fourth-order valence-electron chi connectivity index (χ4n) is 1.36. The molecule has 0 aliphatic rings. The van der Waals surface area contributed by atoms with E-state index in [1.165, 1.54) is 4.90 Å². The van der Waals surface area contributed by atoms with Crippen LogP contribution in [0.15, 0.2) is 0 Å². The Morgan fingerprint density at radius 2 is 1.75 bits per heavy atom. The molecule has 3 N–H and O–H groups in total. The molecule has 0 bridgehead atoms. The molecule has 1 unspecified atom stereocenters. The van der Waals surface area contributed by atoms with Crippen LogP contribution in [0.2, 0.25) is 0 Å². The van der Waals surface area contributed by atoms with Gasteiger partial charge in [-0.2, -0.15) is 0 Å². The van der Waals surface area contributed by atoms with Crippen molar-refractivity contribution in [2.75, 3.05) is 14.1 Å². The van der Waals surface area contributed by atoms with Gasteiger partial charge in [-0.1, -0.05) is 13.8 Å². The van der Waals surface area contributed by atoms with Crippen molar-refractivity contribution >= 4 is 11.8 Å². The van der Waals surface area contributed by atoms with E-state index in [2.05, 4.69) is 5.32 Å². The lowest BCUT2D eigenvalue weighted by Crippen LogP contribution is -2.57. The number of rotatable bonds is 5. The Balaban J connectivity index is 4.51. The summed E-state index contributed by atoms with van der Waals surface area (Å²) in [6.07, 6.45) is 1.11. The Hall–Kier alpha value is -1.10. The van der Waals surface area contributed by atoms with Crippen LogP contribution in [-0.2, 0) is 9.59 Å². The molecule has 0 saturated heterocycles. The molecule has 0 radical (unpaired) electrons. The Morgan fingerprint density at radius 3 is 2.06 bits per heavy atom. The normalized spacial score (nSPS) is 13.1. The molecule has 0 fully saturated rings. The van der Waals surface area contributed by atoms with Crippen LogP contribution in [0.3, 0.4) is 0 Å². The maximum Gasteiger partial charge on any atom is 0.244 e. The summed E-state index contributed by atoms with van der Waals surface area (Å²) in [4.78, 5) is 24.9. The van der Waals surface area contributed by atoms with E-state index in [0.717, 1.165) is 0 Å². The van der Waals surface area contributed by atoms with Crippen LogP contribution >= 0.6 is 0 Å². The zero-order valence-corrected chi connectivity index (χ0v) is 10.8. The summed E-state index contributed by atoms with van der Waals surface area (Å²) in [6.45, 7) is 5.38. The summed E-state index contributed by atoms with van der Waals surface area (Å²) in [6, 6.07) is -0.538. The highest BCUT2D eigenvalue weighted by molar-refractivity contribution is 5.91. The van der Waals surface area contributed by atoms with Crippen molar-refractivity contribution in [3.63, 3.8) is 0 Å². The molecule has 0 aliphatic heterocycles. The lowest BCUT2D eigenvalue weighted by Gasteiger charge is -2.27. The molecule has 0 aromatic carbocycles. The van der Waals surface area contributed by atoms with E-state index >= 15 is 0 Å². The molecule has 0 aromatic rings. The number of nitrogens with two attached hydrogens (primary N) is 1. The minimum absolute atomic E-state index is 0.136. The van der Waals surface area contributed by atoms with Crippen molar-refractivity contribution in [3.8, 4) is 0 Å². The second-order valence-corrected chi connectivity index (χ2v) is 4.29. The van der Waals surface area contributed by atoms with E-state index in [1.807, 2.05) is 13.8 Å². The maximum atomic E-state index is 11.9. The number of likely N-dealkylation sites (N-methyl/N-ethyl adjacent to an activating group) is 1.